The number of Topliss-reactive ketones (excluding diaryl/α,β-unsaturated/α-hetero) is 1. The van der Waals surface area contributed by atoms with Crippen LogP contribution in [0.25, 0.3) is 0 Å². The lowest BCUT2D eigenvalue weighted by Crippen LogP contribution is -2.17. The summed E-state index contributed by atoms with van der Waals surface area (Å²) in [6, 6.07) is 8.12. The number of amides is 2. The Morgan fingerprint density at radius 2 is 1.83 bits per heavy atom. The molecule has 0 aliphatic rings. The molecule has 2 rings (SSSR count). The Morgan fingerprint density at radius 1 is 1.17 bits per heavy atom. The molecule has 2 amide bonds. The van der Waals surface area contributed by atoms with Crippen LogP contribution in [0.2, 0.25) is 5.02 Å². The van der Waals surface area contributed by atoms with Gasteiger partial charge in [-0.3, -0.25) is 14.4 Å². The topological polar surface area (TPSA) is 89.3 Å². The zero-order valence-corrected chi connectivity index (χ0v) is 14.0. The van der Waals surface area contributed by atoms with E-state index in [9.17, 15) is 14.4 Å². The number of anilines is 1. The van der Waals surface area contributed by atoms with E-state index in [-0.39, 0.29) is 30.1 Å². The number of primary amides is 1. The maximum absolute atomic E-state index is 12.0. The monoisotopic (exact) mass is 350 g/mol. The Balaban J connectivity index is 1.94. The third-order valence-corrected chi connectivity index (χ3v) is 4.34. The number of nitrogens with one attached hydrogen (secondary N) is 1. The maximum Gasteiger partial charge on any atom is 0.251 e. The largest absolute Gasteiger partial charge is 0.366 e. The van der Waals surface area contributed by atoms with Crippen molar-refractivity contribution in [2.45, 2.75) is 19.8 Å². The van der Waals surface area contributed by atoms with Gasteiger partial charge in [-0.15, -0.1) is 11.3 Å². The number of carbonyl (C=O) groups is 3. The summed E-state index contributed by atoms with van der Waals surface area (Å²) in [6.45, 7) is 1.82. The molecule has 23 heavy (non-hydrogen) atoms. The molecular formula is C16H15ClN2O3S. The van der Waals surface area contributed by atoms with Crippen molar-refractivity contribution in [3.05, 3.63) is 51.4 Å². The van der Waals surface area contributed by atoms with Gasteiger partial charge in [-0.2, -0.15) is 0 Å². The van der Waals surface area contributed by atoms with Gasteiger partial charge in [0.25, 0.3) is 5.91 Å². The molecule has 2 aromatic rings. The van der Waals surface area contributed by atoms with E-state index in [1.54, 1.807) is 30.3 Å². The molecule has 0 saturated heterocycles. The van der Waals surface area contributed by atoms with Crippen LogP contribution in [0.4, 0.5) is 5.00 Å². The Hall–Kier alpha value is -2.18. The predicted molar refractivity (Wildman–Crippen MR) is 91.2 cm³/mol. The van der Waals surface area contributed by atoms with Gasteiger partial charge in [-0.25, -0.2) is 0 Å². The SMILES string of the molecule is Cc1cc(C(N)=O)c(NC(=O)CCC(=O)c2ccc(Cl)cc2)s1. The molecule has 1 aromatic heterocycles. The van der Waals surface area contributed by atoms with E-state index in [0.717, 1.165) is 4.88 Å². The molecule has 0 aliphatic heterocycles. The number of aryl methyl sites for hydroxylation is 1. The van der Waals surface area contributed by atoms with E-state index in [2.05, 4.69) is 5.32 Å². The fourth-order valence-corrected chi connectivity index (χ4v) is 3.05. The lowest BCUT2D eigenvalue weighted by atomic mass is 10.1. The highest BCUT2D eigenvalue weighted by Gasteiger charge is 2.15. The molecule has 0 radical (unpaired) electrons. The lowest BCUT2D eigenvalue weighted by molar-refractivity contribution is -0.116. The molecule has 5 nitrogen and oxygen atoms in total. The average Bonchev–Trinajstić information content (AvgIpc) is 2.86. The van der Waals surface area contributed by atoms with Crippen LogP contribution in [0.1, 0.15) is 38.4 Å². The van der Waals surface area contributed by atoms with Gasteiger partial charge in [0.15, 0.2) is 5.78 Å². The second-order valence-electron chi connectivity index (χ2n) is 4.94. The summed E-state index contributed by atoms with van der Waals surface area (Å²) in [5, 5.41) is 3.60. The highest BCUT2D eigenvalue weighted by molar-refractivity contribution is 7.16. The average molecular weight is 351 g/mol. The standard InChI is InChI=1S/C16H15ClN2O3S/c1-9-8-12(15(18)22)16(23-9)19-14(21)7-6-13(20)10-2-4-11(17)5-3-10/h2-5,8H,6-7H2,1H3,(H2,18,22)(H,19,21). The molecule has 3 N–H and O–H groups in total. The Labute approximate surface area is 142 Å². The molecular weight excluding hydrogens is 336 g/mol. The molecule has 0 spiro atoms. The van der Waals surface area contributed by atoms with Crippen molar-refractivity contribution < 1.29 is 14.4 Å². The van der Waals surface area contributed by atoms with Crippen molar-refractivity contribution >= 4 is 45.5 Å². The van der Waals surface area contributed by atoms with Gasteiger partial charge in [-0.05, 0) is 37.3 Å². The van der Waals surface area contributed by atoms with Crippen LogP contribution in [-0.2, 0) is 4.79 Å². The Kier molecular flexibility index (Phi) is 5.52. The molecule has 0 aliphatic carbocycles. The van der Waals surface area contributed by atoms with E-state index >= 15 is 0 Å². The molecule has 0 unspecified atom stereocenters. The summed E-state index contributed by atoms with van der Waals surface area (Å²) in [5.41, 5.74) is 6.05. The molecule has 0 fully saturated rings. The normalized spacial score (nSPS) is 10.3. The fourth-order valence-electron chi connectivity index (χ4n) is 1.99. The number of thiophene rings is 1. The van der Waals surface area contributed by atoms with Gasteiger partial charge >= 0.3 is 0 Å². The van der Waals surface area contributed by atoms with Crippen LogP contribution in [0, 0.1) is 6.92 Å². The summed E-state index contributed by atoms with van der Waals surface area (Å²) >= 11 is 7.04. The summed E-state index contributed by atoms with van der Waals surface area (Å²) in [6.07, 6.45) is 0.0976. The first-order chi connectivity index (χ1) is 10.9. The lowest BCUT2D eigenvalue weighted by Gasteiger charge is -2.04. The van der Waals surface area contributed by atoms with E-state index in [4.69, 9.17) is 17.3 Å². The predicted octanol–water partition coefficient (Wildman–Crippen LogP) is 3.41. The molecule has 1 heterocycles. The number of ketones is 1. The summed E-state index contributed by atoms with van der Waals surface area (Å²) in [7, 11) is 0. The second-order valence-corrected chi connectivity index (χ2v) is 6.64. The highest BCUT2D eigenvalue weighted by Crippen LogP contribution is 2.27. The van der Waals surface area contributed by atoms with E-state index in [1.165, 1.54) is 11.3 Å². The summed E-state index contributed by atoms with van der Waals surface area (Å²) < 4.78 is 0. The van der Waals surface area contributed by atoms with Crippen LogP contribution in [-0.4, -0.2) is 17.6 Å². The number of rotatable bonds is 6. The smallest absolute Gasteiger partial charge is 0.251 e. The van der Waals surface area contributed by atoms with Crippen LogP contribution < -0.4 is 11.1 Å². The van der Waals surface area contributed by atoms with Crippen LogP contribution in [0.15, 0.2) is 30.3 Å². The first kappa shape index (κ1) is 17.2. The number of nitrogens with two attached hydrogens (primary N) is 1. The van der Waals surface area contributed by atoms with Crippen molar-refractivity contribution in [2.24, 2.45) is 5.73 Å². The minimum Gasteiger partial charge on any atom is -0.366 e. The Morgan fingerprint density at radius 3 is 2.43 bits per heavy atom. The van der Waals surface area contributed by atoms with Crippen molar-refractivity contribution in [2.75, 3.05) is 5.32 Å². The molecule has 120 valence electrons. The van der Waals surface area contributed by atoms with Crippen LogP contribution in [0.5, 0.6) is 0 Å². The zero-order valence-electron chi connectivity index (χ0n) is 12.4. The third kappa shape index (κ3) is 4.64. The first-order valence-electron chi connectivity index (χ1n) is 6.85. The second kappa shape index (κ2) is 7.39. The van der Waals surface area contributed by atoms with Gasteiger partial charge in [0.05, 0.1) is 5.56 Å². The number of benzene rings is 1. The third-order valence-electron chi connectivity index (χ3n) is 3.12. The van der Waals surface area contributed by atoms with Gasteiger partial charge in [0.2, 0.25) is 5.91 Å². The van der Waals surface area contributed by atoms with Crippen molar-refractivity contribution in [3.8, 4) is 0 Å². The quantitative estimate of drug-likeness (QED) is 0.782. The highest BCUT2D eigenvalue weighted by atomic mass is 35.5. The van der Waals surface area contributed by atoms with Gasteiger partial charge < -0.3 is 11.1 Å². The van der Waals surface area contributed by atoms with Crippen LogP contribution >= 0.6 is 22.9 Å². The molecule has 0 saturated carbocycles. The zero-order chi connectivity index (χ0) is 17.0. The first-order valence-corrected chi connectivity index (χ1v) is 8.05. The molecule has 7 heteroatoms. The van der Waals surface area contributed by atoms with E-state index in [1.807, 2.05) is 6.92 Å². The van der Waals surface area contributed by atoms with Gasteiger partial charge in [0.1, 0.15) is 5.00 Å². The van der Waals surface area contributed by atoms with Crippen LogP contribution in [0.3, 0.4) is 0 Å². The number of carbonyl (C=O) groups excluding carboxylic acids is 3. The minimum atomic E-state index is -0.595. The summed E-state index contributed by atoms with van der Waals surface area (Å²) in [4.78, 5) is 36.1. The van der Waals surface area contributed by atoms with Crippen molar-refractivity contribution in [3.63, 3.8) is 0 Å². The Bertz CT molecular complexity index is 753. The number of hydrogen-bond acceptors (Lipinski definition) is 4. The molecule has 0 atom stereocenters. The van der Waals surface area contributed by atoms with Gasteiger partial charge in [-0.1, -0.05) is 11.6 Å². The maximum atomic E-state index is 12.0. The molecule has 1 aromatic carbocycles. The fraction of sp³-hybridized carbons (Fsp3) is 0.188. The summed E-state index contributed by atoms with van der Waals surface area (Å²) in [5.74, 6) is -1.08. The molecule has 0 bridgehead atoms. The van der Waals surface area contributed by atoms with Crippen molar-refractivity contribution in [1.82, 2.24) is 0 Å². The van der Waals surface area contributed by atoms with Gasteiger partial charge in [0, 0.05) is 28.3 Å². The van der Waals surface area contributed by atoms with E-state index in [0.29, 0.717) is 15.6 Å². The number of hydrogen-bond donors (Lipinski definition) is 2. The minimum absolute atomic E-state index is 0.0244. The number of halogens is 1. The van der Waals surface area contributed by atoms with E-state index < -0.39 is 5.91 Å². The van der Waals surface area contributed by atoms with Crippen molar-refractivity contribution in [1.29, 1.82) is 0 Å².